The van der Waals surface area contributed by atoms with Crippen molar-refractivity contribution in [2.45, 2.75) is 0 Å². The molecule has 0 atom stereocenters. The number of rotatable bonds is 0. The third-order valence-electron chi connectivity index (χ3n) is 1.09. The molecular weight excluding hydrogens is 350 g/mol. The van der Waals surface area contributed by atoms with E-state index in [9.17, 15) is 0 Å². The highest BCUT2D eigenvalue weighted by molar-refractivity contribution is 14.1. The minimum atomic E-state index is 0.973. The van der Waals surface area contributed by atoms with Gasteiger partial charge in [-0.1, -0.05) is 5.92 Å². The van der Waals surface area contributed by atoms with Gasteiger partial charge in [0.2, 0.25) is 0 Å². The Bertz CT molecular complexity index is 284. The van der Waals surface area contributed by atoms with E-state index in [2.05, 4.69) is 57.2 Å². The zero-order valence-electron chi connectivity index (χ0n) is 5.07. The number of terminal acetylenes is 1. The molecule has 0 N–H and O–H groups in total. The molecule has 1 aromatic carbocycles. The van der Waals surface area contributed by atoms with Crippen molar-refractivity contribution in [3.63, 3.8) is 0 Å². The molecule has 2 heteroatoms. The molecule has 0 nitrogen and oxygen atoms in total. The molecule has 0 aromatic heterocycles. The van der Waals surface area contributed by atoms with Gasteiger partial charge in [0.05, 0.1) is 0 Å². The minimum Gasteiger partial charge on any atom is -0.115 e. The summed E-state index contributed by atoms with van der Waals surface area (Å²) in [5, 5.41) is 0. The maximum atomic E-state index is 5.24. The van der Waals surface area contributed by atoms with Crippen LogP contribution in [0.15, 0.2) is 18.2 Å². The molecule has 0 unspecified atom stereocenters. The number of hydrogen-bond donors (Lipinski definition) is 0. The molecule has 0 aliphatic heterocycles. The van der Waals surface area contributed by atoms with E-state index in [1.54, 1.807) is 0 Å². The Labute approximate surface area is 87.7 Å². The molecular formula is C8H4I2. The van der Waals surface area contributed by atoms with Crippen molar-refractivity contribution in [2.24, 2.45) is 0 Å². The molecule has 0 bridgehead atoms. The number of hydrogen-bond acceptors (Lipinski definition) is 0. The van der Waals surface area contributed by atoms with Crippen molar-refractivity contribution >= 4 is 45.2 Å². The Balaban J connectivity index is 3.23. The van der Waals surface area contributed by atoms with Crippen molar-refractivity contribution < 1.29 is 0 Å². The molecule has 0 heterocycles. The SMILES string of the molecule is C#Cc1ccc(I)cc1I. The first-order chi connectivity index (χ1) is 4.74. The normalized spacial score (nSPS) is 8.90. The third-order valence-corrected chi connectivity index (χ3v) is 2.65. The molecule has 1 rings (SSSR count). The van der Waals surface area contributed by atoms with E-state index in [0.717, 1.165) is 9.13 Å². The maximum absolute atomic E-state index is 5.24. The average molecular weight is 354 g/mol. The van der Waals surface area contributed by atoms with Crippen LogP contribution in [0.5, 0.6) is 0 Å². The molecule has 0 saturated carbocycles. The van der Waals surface area contributed by atoms with Crippen molar-refractivity contribution in [1.82, 2.24) is 0 Å². The Morgan fingerprint density at radius 1 is 1.30 bits per heavy atom. The van der Waals surface area contributed by atoms with Crippen LogP contribution in [0.25, 0.3) is 0 Å². The maximum Gasteiger partial charge on any atom is 0.0376 e. The van der Waals surface area contributed by atoms with Gasteiger partial charge in [-0.15, -0.1) is 6.42 Å². The topological polar surface area (TPSA) is 0 Å². The summed E-state index contributed by atoms with van der Waals surface area (Å²) in [4.78, 5) is 0. The van der Waals surface area contributed by atoms with Crippen LogP contribution in [-0.2, 0) is 0 Å². The van der Waals surface area contributed by atoms with E-state index in [1.807, 2.05) is 12.1 Å². The van der Waals surface area contributed by atoms with Crippen LogP contribution in [0.4, 0.5) is 0 Å². The van der Waals surface area contributed by atoms with Crippen LogP contribution >= 0.6 is 45.2 Å². The molecule has 0 aliphatic rings. The van der Waals surface area contributed by atoms with Crippen LogP contribution in [-0.4, -0.2) is 0 Å². The number of halogens is 2. The first-order valence-corrected chi connectivity index (χ1v) is 4.81. The predicted molar refractivity (Wildman–Crippen MR) is 59.8 cm³/mol. The van der Waals surface area contributed by atoms with Crippen LogP contribution in [0.2, 0.25) is 0 Å². The molecule has 0 saturated heterocycles. The molecule has 0 radical (unpaired) electrons. The zero-order valence-corrected chi connectivity index (χ0v) is 9.38. The molecule has 0 fully saturated rings. The summed E-state index contributed by atoms with van der Waals surface area (Å²) in [6.45, 7) is 0. The summed E-state index contributed by atoms with van der Waals surface area (Å²) in [5.41, 5.74) is 0.973. The third kappa shape index (κ3) is 1.86. The second kappa shape index (κ2) is 3.58. The van der Waals surface area contributed by atoms with Crippen LogP contribution < -0.4 is 0 Å². The summed E-state index contributed by atoms with van der Waals surface area (Å²) < 4.78 is 2.37. The second-order valence-electron chi connectivity index (χ2n) is 1.77. The second-order valence-corrected chi connectivity index (χ2v) is 4.18. The summed E-state index contributed by atoms with van der Waals surface area (Å²) >= 11 is 4.50. The van der Waals surface area contributed by atoms with Gasteiger partial charge in [-0.3, -0.25) is 0 Å². The summed E-state index contributed by atoms with van der Waals surface area (Å²) in [6, 6.07) is 6.04. The lowest BCUT2D eigenvalue weighted by atomic mass is 10.2. The fourth-order valence-electron chi connectivity index (χ4n) is 0.607. The van der Waals surface area contributed by atoms with Gasteiger partial charge >= 0.3 is 0 Å². The lowest BCUT2D eigenvalue weighted by molar-refractivity contribution is 1.55. The largest absolute Gasteiger partial charge is 0.115 e. The monoisotopic (exact) mass is 354 g/mol. The highest BCUT2D eigenvalue weighted by atomic mass is 127. The highest BCUT2D eigenvalue weighted by Crippen LogP contribution is 2.14. The molecule has 1 aromatic rings. The molecule has 0 spiro atoms. The van der Waals surface area contributed by atoms with E-state index in [0.29, 0.717) is 0 Å². The summed E-state index contributed by atoms with van der Waals surface area (Å²) in [5.74, 6) is 2.61. The highest BCUT2D eigenvalue weighted by Gasteiger charge is 1.94. The predicted octanol–water partition coefficient (Wildman–Crippen LogP) is 2.88. The van der Waals surface area contributed by atoms with Gasteiger partial charge in [-0.05, 0) is 63.4 Å². The van der Waals surface area contributed by atoms with Crippen molar-refractivity contribution in [2.75, 3.05) is 0 Å². The Morgan fingerprint density at radius 2 is 2.00 bits per heavy atom. The van der Waals surface area contributed by atoms with E-state index < -0.39 is 0 Å². The first kappa shape index (κ1) is 8.34. The Morgan fingerprint density at radius 3 is 2.50 bits per heavy atom. The molecule has 10 heavy (non-hydrogen) atoms. The number of benzene rings is 1. The van der Waals surface area contributed by atoms with Gasteiger partial charge in [0.1, 0.15) is 0 Å². The summed E-state index contributed by atoms with van der Waals surface area (Å²) in [6.07, 6.45) is 5.24. The van der Waals surface area contributed by atoms with E-state index >= 15 is 0 Å². The standard InChI is InChI=1S/C8H4I2/c1-2-6-3-4-7(9)5-8(6)10/h1,3-5H. The van der Waals surface area contributed by atoms with Gasteiger partial charge in [0.15, 0.2) is 0 Å². The molecule has 0 amide bonds. The first-order valence-electron chi connectivity index (χ1n) is 2.65. The van der Waals surface area contributed by atoms with Crippen molar-refractivity contribution in [1.29, 1.82) is 0 Å². The van der Waals surface area contributed by atoms with Gasteiger partial charge in [0.25, 0.3) is 0 Å². The zero-order chi connectivity index (χ0) is 7.56. The minimum absolute atomic E-state index is 0.973. The van der Waals surface area contributed by atoms with E-state index in [4.69, 9.17) is 6.42 Å². The lowest BCUT2D eigenvalue weighted by Gasteiger charge is -1.95. The van der Waals surface area contributed by atoms with Gasteiger partial charge in [-0.25, -0.2) is 0 Å². The smallest absolute Gasteiger partial charge is 0.0376 e. The van der Waals surface area contributed by atoms with Gasteiger partial charge in [0, 0.05) is 12.7 Å². The Hall–Kier alpha value is 0.240. The molecule has 0 aliphatic carbocycles. The van der Waals surface area contributed by atoms with E-state index in [1.165, 1.54) is 3.57 Å². The van der Waals surface area contributed by atoms with Crippen LogP contribution in [0.1, 0.15) is 5.56 Å². The van der Waals surface area contributed by atoms with Crippen molar-refractivity contribution in [3.8, 4) is 12.3 Å². The van der Waals surface area contributed by atoms with Crippen LogP contribution in [0.3, 0.4) is 0 Å². The summed E-state index contributed by atoms with van der Waals surface area (Å²) in [7, 11) is 0. The van der Waals surface area contributed by atoms with Gasteiger partial charge < -0.3 is 0 Å². The van der Waals surface area contributed by atoms with E-state index in [-0.39, 0.29) is 0 Å². The fraction of sp³-hybridized carbons (Fsp3) is 0. The quantitative estimate of drug-likeness (QED) is 0.497. The van der Waals surface area contributed by atoms with Gasteiger partial charge in [-0.2, -0.15) is 0 Å². The fourth-order valence-corrected chi connectivity index (χ4v) is 2.36. The van der Waals surface area contributed by atoms with Crippen LogP contribution in [0, 0.1) is 19.5 Å². The Kier molecular flexibility index (Phi) is 2.98. The molecule has 50 valence electrons. The van der Waals surface area contributed by atoms with Crippen molar-refractivity contribution in [3.05, 3.63) is 30.9 Å². The average Bonchev–Trinajstić information content (AvgIpc) is 1.88. The lowest BCUT2D eigenvalue weighted by Crippen LogP contribution is -1.81.